The van der Waals surface area contributed by atoms with E-state index in [2.05, 4.69) is 15.6 Å². The normalized spacial score (nSPS) is 11.5. The largest absolute Gasteiger partial charge is 0.416 e. The van der Waals surface area contributed by atoms with E-state index < -0.39 is 17.8 Å². The number of nitrogens with zero attached hydrogens (tertiary/aromatic N) is 2. The molecular weight excluding hydrogens is 429 g/mol. The van der Waals surface area contributed by atoms with Gasteiger partial charge in [0.25, 0.3) is 0 Å². The van der Waals surface area contributed by atoms with E-state index in [0.717, 1.165) is 34.6 Å². The van der Waals surface area contributed by atoms with Gasteiger partial charge in [0.15, 0.2) is 0 Å². The van der Waals surface area contributed by atoms with Crippen LogP contribution in [0.4, 0.5) is 23.7 Å². The maximum Gasteiger partial charge on any atom is 0.416 e. The Morgan fingerprint density at radius 1 is 1.06 bits per heavy atom. The summed E-state index contributed by atoms with van der Waals surface area (Å²) >= 11 is 5.99. The number of pyridine rings is 1. The van der Waals surface area contributed by atoms with Crippen LogP contribution in [0.1, 0.15) is 11.1 Å². The minimum absolute atomic E-state index is 0.0652. The highest BCUT2D eigenvalue weighted by Gasteiger charge is 2.30. The van der Waals surface area contributed by atoms with E-state index in [-0.39, 0.29) is 12.2 Å². The van der Waals surface area contributed by atoms with Crippen molar-refractivity contribution in [3.05, 3.63) is 89.2 Å². The number of hydrogen-bond acceptors (Lipinski definition) is 2. The summed E-state index contributed by atoms with van der Waals surface area (Å²) in [6.07, 6.45) is -0.877. The van der Waals surface area contributed by atoms with Crippen molar-refractivity contribution in [3.8, 4) is 11.3 Å². The second-order valence-corrected chi connectivity index (χ2v) is 7.24. The van der Waals surface area contributed by atoms with Crippen LogP contribution < -0.4 is 10.6 Å². The van der Waals surface area contributed by atoms with Gasteiger partial charge in [-0.2, -0.15) is 13.2 Å². The highest BCUT2D eigenvalue weighted by Crippen LogP contribution is 2.30. The van der Waals surface area contributed by atoms with Gasteiger partial charge in [0.05, 0.1) is 17.5 Å². The van der Waals surface area contributed by atoms with Gasteiger partial charge in [-0.1, -0.05) is 41.9 Å². The zero-order valence-corrected chi connectivity index (χ0v) is 16.7. The third kappa shape index (κ3) is 4.80. The number of aromatic nitrogens is 2. The second-order valence-electron chi connectivity index (χ2n) is 6.80. The molecule has 5 nitrogen and oxygen atoms in total. The topological polar surface area (TPSA) is 58.4 Å². The van der Waals surface area contributed by atoms with Crippen molar-refractivity contribution < 1.29 is 18.0 Å². The summed E-state index contributed by atoms with van der Waals surface area (Å²) < 4.78 is 40.2. The average Bonchev–Trinajstić information content (AvgIpc) is 3.15. The van der Waals surface area contributed by atoms with E-state index in [1.54, 1.807) is 18.3 Å². The number of urea groups is 1. The van der Waals surface area contributed by atoms with Gasteiger partial charge in [0.2, 0.25) is 0 Å². The Hall–Kier alpha value is -3.52. The molecule has 2 aromatic carbocycles. The van der Waals surface area contributed by atoms with Crippen LogP contribution in [-0.2, 0) is 12.7 Å². The Morgan fingerprint density at radius 2 is 1.84 bits per heavy atom. The molecule has 2 heterocycles. The molecule has 4 rings (SSSR count). The van der Waals surface area contributed by atoms with Crippen molar-refractivity contribution in [2.75, 3.05) is 5.32 Å². The minimum Gasteiger partial charge on any atom is -0.334 e. The van der Waals surface area contributed by atoms with Gasteiger partial charge in [-0.25, -0.2) is 9.78 Å². The molecule has 0 atom stereocenters. The SMILES string of the molecule is O=C(NCc1ccc(-c2cnc3cc(Cl)ccn23)cc1)Nc1cccc(C(F)(F)F)c1. The maximum atomic E-state index is 12.8. The molecule has 2 aromatic heterocycles. The molecule has 2 N–H and O–H groups in total. The Labute approximate surface area is 180 Å². The van der Waals surface area contributed by atoms with E-state index in [1.165, 1.54) is 12.1 Å². The Bertz CT molecular complexity index is 1240. The van der Waals surface area contributed by atoms with Crippen LogP contribution in [0, 0.1) is 0 Å². The Balaban J connectivity index is 1.39. The first-order valence-corrected chi connectivity index (χ1v) is 9.61. The van der Waals surface area contributed by atoms with E-state index in [9.17, 15) is 18.0 Å². The van der Waals surface area contributed by atoms with E-state index in [4.69, 9.17) is 11.6 Å². The number of benzene rings is 2. The number of alkyl halides is 3. The van der Waals surface area contributed by atoms with Crippen molar-refractivity contribution in [2.45, 2.75) is 12.7 Å². The third-order valence-electron chi connectivity index (χ3n) is 4.63. The zero-order chi connectivity index (χ0) is 22.0. The molecule has 0 aliphatic carbocycles. The van der Waals surface area contributed by atoms with Crippen LogP contribution in [0.15, 0.2) is 73.1 Å². The molecule has 0 spiro atoms. The fourth-order valence-corrected chi connectivity index (χ4v) is 3.25. The zero-order valence-electron chi connectivity index (χ0n) is 15.9. The molecule has 0 aliphatic heterocycles. The van der Waals surface area contributed by atoms with Crippen molar-refractivity contribution in [1.29, 1.82) is 0 Å². The van der Waals surface area contributed by atoms with Crippen molar-refractivity contribution in [2.24, 2.45) is 0 Å². The number of fused-ring (bicyclic) bond motifs is 1. The van der Waals surface area contributed by atoms with E-state index in [0.29, 0.717) is 5.02 Å². The van der Waals surface area contributed by atoms with Gasteiger partial charge in [0, 0.05) is 35.1 Å². The predicted octanol–water partition coefficient (Wildman–Crippen LogP) is 6.00. The fraction of sp³-hybridized carbons (Fsp3) is 0.0909. The van der Waals surface area contributed by atoms with Crippen LogP contribution in [0.2, 0.25) is 5.02 Å². The van der Waals surface area contributed by atoms with Gasteiger partial charge >= 0.3 is 12.2 Å². The van der Waals surface area contributed by atoms with Gasteiger partial charge in [-0.15, -0.1) is 0 Å². The van der Waals surface area contributed by atoms with Crippen LogP contribution in [0.3, 0.4) is 0 Å². The number of rotatable bonds is 4. The molecule has 0 bridgehead atoms. The van der Waals surface area contributed by atoms with Gasteiger partial charge in [0.1, 0.15) is 5.65 Å². The molecule has 4 aromatic rings. The summed E-state index contributed by atoms with van der Waals surface area (Å²) in [5.41, 5.74) is 2.64. The molecule has 0 fully saturated rings. The molecule has 0 unspecified atom stereocenters. The number of halogens is 4. The molecule has 0 aliphatic rings. The van der Waals surface area contributed by atoms with E-state index >= 15 is 0 Å². The quantitative estimate of drug-likeness (QED) is 0.406. The van der Waals surface area contributed by atoms with E-state index in [1.807, 2.05) is 34.9 Å². The molecule has 0 saturated carbocycles. The molecular formula is C22H16ClF3N4O. The molecule has 158 valence electrons. The lowest BCUT2D eigenvalue weighted by Gasteiger charge is -2.11. The number of carbonyl (C=O) groups excluding carboxylic acids is 1. The Kier molecular flexibility index (Phi) is 5.56. The lowest BCUT2D eigenvalue weighted by Crippen LogP contribution is -2.28. The monoisotopic (exact) mass is 444 g/mol. The number of nitrogens with one attached hydrogen (secondary N) is 2. The first-order chi connectivity index (χ1) is 14.8. The smallest absolute Gasteiger partial charge is 0.334 e. The van der Waals surface area contributed by atoms with Gasteiger partial charge in [-0.3, -0.25) is 4.40 Å². The Morgan fingerprint density at radius 3 is 2.58 bits per heavy atom. The number of imidazole rings is 1. The molecule has 31 heavy (non-hydrogen) atoms. The average molecular weight is 445 g/mol. The first-order valence-electron chi connectivity index (χ1n) is 9.24. The standard InChI is InChI=1S/C22H16ClF3N4O/c23-17-8-9-30-19(13-27-20(30)11-17)15-6-4-14(5-7-15)12-28-21(31)29-18-3-1-2-16(10-18)22(24,25)26/h1-11,13H,12H2,(H2,28,29,31). The number of amides is 2. The van der Waals surface area contributed by atoms with Crippen molar-refractivity contribution >= 4 is 29.0 Å². The first kappa shape index (κ1) is 20.7. The predicted molar refractivity (Wildman–Crippen MR) is 113 cm³/mol. The summed E-state index contributed by atoms with van der Waals surface area (Å²) in [4.78, 5) is 16.4. The molecule has 0 saturated heterocycles. The summed E-state index contributed by atoms with van der Waals surface area (Å²) in [5.74, 6) is 0. The van der Waals surface area contributed by atoms with Crippen molar-refractivity contribution in [1.82, 2.24) is 14.7 Å². The molecule has 2 amide bonds. The minimum atomic E-state index is -4.47. The third-order valence-corrected chi connectivity index (χ3v) is 4.86. The number of hydrogen-bond donors (Lipinski definition) is 2. The van der Waals surface area contributed by atoms with Gasteiger partial charge < -0.3 is 10.6 Å². The second kappa shape index (κ2) is 8.31. The molecule has 0 radical (unpaired) electrons. The summed E-state index contributed by atoms with van der Waals surface area (Å²) in [6.45, 7) is 0.216. The van der Waals surface area contributed by atoms with Crippen LogP contribution in [0.25, 0.3) is 16.9 Å². The number of anilines is 1. The highest BCUT2D eigenvalue weighted by atomic mass is 35.5. The maximum absolute atomic E-state index is 12.8. The lowest BCUT2D eigenvalue weighted by atomic mass is 10.1. The number of carbonyl (C=O) groups is 1. The van der Waals surface area contributed by atoms with Crippen LogP contribution in [-0.4, -0.2) is 15.4 Å². The fourth-order valence-electron chi connectivity index (χ4n) is 3.09. The van der Waals surface area contributed by atoms with Crippen molar-refractivity contribution in [3.63, 3.8) is 0 Å². The summed E-state index contributed by atoms with van der Waals surface area (Å²) in [7, 11) is 0. The van der Waals surface area contributed by atoms with Crippen LogP contribution in [0.5, 0.6) is 0 Å². The highest BCUT2D eigenvalue weighted by molar-refractivity contribution is 6.30. The van der Waals surface area contributed by atoms with Gasteiger partial charge in [-0.05, 0) is 29.8 Å². The summed E-state index contributed by atoms with van der Waals surface area (Å²) in [5, 5.41) is 5.65. The molecule has 9 heteroatoms. The lowest BCUT2D eigenvalue weighted by molar-refractivity contribution is -0.137. The summed E-state index contributed by atoms with van der Waals surface area (Å²) in [6, 6.07) is 14.9. The van der Waals surface area contributed by atoms with Crippen LogP contribution >= 0.6 is 11.6 Å².